The summed E-state index contributed by atoms with van der Waals surface area (Å²) in [5.74, 6) is 0. The molecule has 0 N–H and O–H groups in total. The average molecular weight is 268 g/mol. The van der Waals surface area contributed by atoms with Gasteiger partial charge in [-0.2, -0.15) is 9.98 Å². The first-order chi connectivity index (χ1) is 9.33. The third kappa shape index (κ3) is 3.50. The second-order valence-corrected chi connectivity index (χ2v) is 4.59. The van der Waals surface area contributed by atoms with Crippen molar-refractivity contribution in [3.05, 3.63) is 48.5 Å². The van der Waals surface area contributed by atoms with Crippen LogP contribution >= 0.6 is 11.8 Å². The van der Waals surface area contributed by atoms with E-state index in [-0.39, 0.29) is 0 Å². The molecule has 0 unspecified atom stereocenters. The first-order valence-corrected chi connectivity index (χ1v) is 6.18. The van der Waals surface area contributed by atoms with Crippen molar-refractivity contribution in [1.82, 2.24) is 0 Å². The van der Waals surface area contributed by atoms with Gasteiger partial charge in [0, 0.05) is 9.79 Å². The summed E-state index contributed by atoms with van der Waals surface area (Å²) in [5.41, 5.74) is 1.14. The maximum atomic E-state index is 10.3. The maximum absolute atomic E-state index is 10.3. The number of carbonyl (C=O) groups excluding carboxylic acids is 2. The lowest BCUT2D eigenvalue weighted by atomic mass is 10.3. The van der Waals surface area contributed by atoms with Crippen molar-refractivity contribution in [3.8, 4) is 0 Å². The predicted molar refractivity (Wildman–Crippen MR) is 72.6 cm³/mol. The molecule has 0 fully saturated rings. The van der Waals surface area contributed by atoms with Crippen molar-refractivity contribution in [1.29, 1.82) is 0 Å². The minimum absolute atomic E-state index is 0.554. The van der Waals surface area contributed by atoms with Gasteiger partial charge >= 0.3 is 0 Å². The summed E-state index contributed by atoms with van der Waals surface area (Å²) in [6.07, 6.45) is 3.03. The van der Waals surface area contributed by atoms with Crippen LogP contribution in [0.1, 0.15) is 0 Å². The fourth-order valence-electron chi connectivity index (χ4n) is 1.45. The molecule has 0 heterocycles. The second kappa shape index (κ2) is 6.47. The van der Waals surface area contributed by atoms with Gasteiger partial charge in [-0.15, -0.1) is 0 Å². The Labute approximate surface area is 113 Å². The van der Waals surface area contributed by atoms with Crippen LogP contribution in [0.4, 0.5) is 11.4 Å². The zero-order chi connectivity index (χ0) is 13.5. The van der Waals surface area contributed by atoms with Crippen molar-refractivity contribution in [2.24, 2.45) is 9.98 Å². The molecule has 5 heteroatoms. The summed E-state index contributed by atoms with van der Waals surface area (Å²) in [5, 5.41) is 0. The number of para-hydroxylation sites is 1. The molecule has 19 heavy (non-hydrogen) atoms. The van der Waals surface area contributed by atoms with Gasteiger partial charge in [0.1, 0.15) is 0 Å². The maximum Gasteiger partial charge on any atom is 0.240 e. The van der Waals surface area contributed by atoms with E-state index >= 15 is 0 Å². The molecule has 0 amide bonds. The van der Waals surface area contributed by atoms with Gasteiger partial charge in [0.25, 0.3) is 0 Å². The third-order valence-corrected chi connectivity index (χ3v) is 3.34. The van der Waals surface area contributed by atoms with E-state index in [4.69, 9.17) is 0 Å². The summed E-state index contributed by atoms with van der Waals surface area (Å²) < 4.78 is 0. The summed E-state index contributed by atoms with van der Waals surface area (Å²) >= 11 is 1.47. The molecular formula is C14H8N2O2S. The van der Waals surface area contributed by atoms with Crippen molar-refractivity contribution in [3.63, 3.8) is 0 Å². The number of isocyanates is 2. The van der Waals surface area contributed by atoms with Gasteiger partial charge in [0.05, 0.1) is 11.4 Å². The van der Waals surface area contributed by atoms with Crippen LogP contribution in [0.15, 0.2) is 68.3 Å². The van der Waals surface area contributed by atoms with E-state index in [0.717, 1.165) is 9.79 Å². The summed E-state index contributed by atoms with van der Waals surface area (Å²) in [7, 11) is 0. The molecule has 92 valence electrons. The summed E-state index contributed by atoms with van der Waals surface area (Å²) in [6.45, 7) is 0. The van der Waals surface area contributed by atoms with Gasteiger partial charge in [0.15, 0.2) is 0 Å². The van der Waals surface area contributed by atoms with E-state index < -0.39 is 0 Å². The van der Waals surface area contributed by atoms with E-state index in [1.165, 1.54) is 23.9 Å². The highest BCUT2D eigenvalue weighted by atomic mass is 32.2. The van der Waals surface area contributed by atoms with E-state index in [2.05, 4.69) is 9.98 Å². The molecular weight excluding hydrogens is 260 g/mol. The Morgan fingerprint density at radius 2 is 1.53 bits per heavy atom. The molecule has 0 radical (unpaired) electrons. The van der Waals surface area contributed by atoms with Crippen LogP contribution in [0.3, 0.4) is 0 Å². The van der Waals surface area contributed by atoms with E-state index in [0.29, 0.717) is 11.4 Å². The lowest BCUT2D eigenvalue weighted by molar-refractivity contribution is 0.564. The molecule has 0 aliphatic carbocycles. The minimum Gasteiger partial charge on any atom is -0.211 e. The minimum atomic E-state index is 0.554. The molecule has 4 nitrogen and oxygen atoms in total. The summed E-state index contributed by atoms with van der Waals surface area (Å²) in [4.78, 5) is 29.5. The van der Waals surface area contributed by atoms with Crippen LogP contribution in [0.2, 0.25) is 0 Å². The molecule has 2 aromatic rings. The van der Waals surface area contributed by atoms with E-state index in [1.807, 2.05) is 30.3 Å². The molecule has 0 aromatic heterocycles. The van der Waals surface area contributed by atoms with Crippen LogP contribution in [0.5, 0.6) is 0 Å². The monoisotopic (exact) mass is 268 g/mol. The van der Waals surface area contributed by atoms with Crippen LogP contribution < -0.4 is 0 Å². The molecule has 0 atom stereocenters. The average Bonchev–Trinajstić information content (AvgIpc) is 2.44. The Balaban J connectivity index is 2.26. The number of hydrogen-bond donors (Lipinski definition) is 0. The number of benzene rings is 2. The molecule has 0 saturated heterocycles. The van der Waals surface area contributed by atoms with E-state index in [1.54, 1.807) is 18.2 Å². The fourth-order valence-corrected chi connectivity index (χ4v) is 2.34. The van der Waals surface area contributed by atoms with Gasteiger partial charge in [-0.1, -0.05) is 23.9 Å². The largest absolute Gasteiger partial charge is 0.240 e. The van der Waals surface area contributed by atoms with Crippen LogP contribution in [-0.4, -0.2) is 12.2 Å². The number of aliphatic imine (C=N–C) groups is 2. The molecule has 0 aliphatic rings. The lowest BCUT2D eigenvalue weighted by Gasteiger charge is -2.04. The number of hydrogen-bond acceptors (Lipinski definition) is 5. The molecule has 0 saturated carbocycles. The standard InChI is InChI=1S/C14H8N2O2S/c17-9-15-11-5-7-12(8-6-11)19-14-4-2-1-3-13(14)16-10-18/h1-8H. The van der Waals surface area contributed by atoms with Gasteiger partial charge in [-0.3, -0.25) is 0 Å². The molecule has 2 rings (SSSR count). The van der Waals surface area contributed by atoms with Gasteiger partial charge in [-0.05, 0) is 36.4 Å². The van der Waals surface area contributed by atoms with Crippen LogP contribution in [-0.2, 0) is 9.59 Å². The van der Waals surface area contributed by atoms with Gasteiger partial charge in [0.2, 0.25) is 12.2 Å². The first-order valence-electron chi connectivity index (χ1n) is 5.36. The lowest BCUT2D eigenvalue weighted by Crippen LogP contribution is -1.75. The number of rotatable bonds is 4. The molecule has 0 spiro atoms. The smallest absolute Gasteiger partial charge is 0.211 e. The Morgan fingerprint density at radius 3 is 2.21 bits per heavy atom. The fraction of sp³-hybridized carbons (Fsp3) is 0. The highest BCUT2D eigenvalue weighted by molar-refractivity contribution is 7.99. The van der Waals surface area contributed by atoms with E-state index in [9.17, 15) is 9.59 Å². The third-order valence-electron chi connectivity index (χ3n) is 2.27. The van der Waals surface area contributed by atoms with Gasteiger partial charge < -0.3 is 0 Å². The van der Waals surface area contributed by atoms with Crippen molar-refractivity contribution in [2.45, 2.75) is 9.79 Å². The Kier molecular flexibility index (Phi) is 4.43. The quantitative estimate of drug-likeness (QED) is 0.626. The highest BCUT2D eigenvalue weighted by Gasteiger charge is 2.03. The molecule has 0 bridgehead atoms. The topological polar surface area (TPSA) is 58.9 Å². The van der Waals surface area contributed by atoms with Crippen molar-refractivity contribution >= 4 is 35.3 Å². The Bertz CT molecular complexity index is 670. The van der Waals surface area contributed by atoms with Crippen molar-refractivity contribution < 1.29 is 9.59 Å². The van der Waals surface area contributed by atoms with Crippen molar-refractivity contribution in [2.75, 3.05) is 0 Å². The number of nitrogens with zero attached hydrogens (tertiary/aromatic N) is 2. The zero-order valence-corrected chi connectivity index (χ0v) is 10.6. The van der Waals surface area contributed by atoms with Crippen LogP contribution in [0.25, 0.3) is 0 Å². The molecule has 2 aromatic carbocycles. The highest BCUT2D eigenvalue weighted by Crippen LogP contribution is 2.35. The first kappa shape index (κ1) is 13.0. The van der Waals surface area contributed by atoms with Crippen LogP contribution in [0, 0.1) is 0 Å². The normalized spacial score (nSPS) is 9.26. The van der Waals surface area contributed by atoms with Gasteiger partial charge in [-0.25, -0.2) is 9.59 Å². The SMILES string of the molecule is O=C=Nc1ccc(Sc2ccccc2N=C=O)cc1. The second-order valence-electron chi connectivity index (χ2n) is 3.47. The Morgan fingerprint density at radius 1 is 0.842 bits per heavy atom. The molecule has 0 aliphatic heterocycles. The Hall–Kier alpha value is -2.45. The predicted octanol–water partition coefficient (Wildman–Crippen LogP) is 3.77. The summed E-state index contributed by atoms with van der Waals surface area (Å²) in [6, 6.07) is 14.4. The zero-order valence-electron chi connectivity index (χ0n) is 9.74.